The van der Waals surface area contributed by atoms with Gasteiger partial charge in [-0.25, -0.2) is 0 Å². The summed E-state index contributed by atoms with van der Waals surface area (Å²) in [4.78, 5) is 24.5. The van der Waals surface area contributed by atoms with Crippen molar-refractivity contribution in [1.29, 1.82) is 0 Å². The molecule has 96 valence electrons. The minimum Gasteiger partial charge on any atom is -0.347 e. The SMILES string of the molecule is CN(C)C(=O)C(N)c1ccc2c(c1)CCC(=O)N2. The number of carbonyl (C=O) groups is 2. The van der Waals surface area contributed by atoms with E-state index in [1.807, 2.05) is 12.1 Å². The summed E-state index contributed by atoms with van der Waals surface area (Å²) in [5.41, 5.74) is 8.56. The Hall–Kier alpha value is -1.88. The van der Waals surface area contributed by atoms with Gasteiger partial charge in [0.15, 0.2) is 0 Å². The number of aryl methyl sites for hydroxylation is 1. The Morgan fingerprint density at radius 3 is 2.78 bits per heavy atom. The van der Waals surface area contributed by atoms with Crippen LogP contribution in [0.15, 0.2) is 18.2 Å². The Morgan fingerprint density at radius 1 is 1.39 bits per heavy atom. The Labute approximate surface area is 106 Å². The molecule has 0 radical (unpaired) electrons. The van der Waals surface area contributed by atoms with Crippen LogP contribution in [0.4, 0.5) is 5.69 Å². The molecule has 5 heteroatoms. The van der Waals surface area contributed by atoms with E-state index >= 15 is 0 Å². The first-order chi connectivity index (χ1) is 8.49. The summed E-state index contributed by atoms with van der Waals surface area (Å²) in [7, 11) is 3.36. The predicted octanol–water partition coefficient (Wildman–Crippen LogP) is 0.659. The van der Waals surface area contributed by atoms with E-state index in [4.69, 9.17) is 5.73 Å². The molecule has 3 N–H and O–H groups in total. The second-order valence-electron chi connectivity index (χ2n) is 4.68. The lowest BCUT2D eigenvalue weighted by Gasteiger charge is -2.21. The van der Waals surface area contributed by atoms with Gasteiger partial charge in [-0.05, 0) is 23.6 Å². The van der Waals surface area contributed by atoms with Crippen LogP contribution in [-0.2, 0) is 16.0 Å². The molecule has 1 aromatic rings. The second kappa shape index (κ2) is 4.78. The highest BCUT2D eigenvalue weighted by Gasteiger charge is 2.20. The first-order valence-corrected chi connectivity index (χ1v) is 5.88. The minimum atomic E-state index is -0.650. The summed E-state index contributed by atoms with van der Waals surface area (Å²) in [6.07, 6.45) is 1.17. The van der Waals surface area contributed by atoms with Crippen LogP contribution in [-0.4, -0.2) is 30.8 Å². The number of nitrogens with zero attached hydrogens (tertiary/aromatic N) is 1. The maximum absolute atomic E-state index is 11.8. The van der Waals surface area contributed by atoms with Crippen molar-refractivity contribution in [2.45, 2.75) is 18.9 Å². The Morgan fingerprint density at radius 2 is 2.11 bits per heavy atom. The number of hydrogen-bond acceptors (Lipinski definition) is 3. The summed E-state index contributed by atoms with van der Waals surface area (Å²) < 4.78 is 0. The van der Waals surface area contributed by atoms with Crippen LogP contribution < -0.4 is 11.1 Å². The quantitative estimate of drug-likeness (QED) is 0.806. The molecule has 1 aliphatic rings. The van der Waals surface area contributed by atoms with Crippen LogP contribution in [0.3, 0.4) is 0 Å². The van der Waals surface area contributed by atoms with Crippen molar-refractivity contribution in [1.82, 2.24) is 4.90 Å². The van der Waals surface area contributed by atoms with Gasteiger partial charge < -0.3 is 16.0 Å². The lowest BCUT2D eigenvalue weighted by molar-refractivity contribution is -0.130. The van der Waals surface area contributed by atoms with E-state index in [9.17, 15) is 9.59 Å². The number of hydrogen-bond donors (Lipinski definition) is 2. The summed E-state index contributed by atoms with van der Waals surface area (Å²) >= 11 is 0. The van der Waals surface area contributed by atoms with E-state index in [1.54, 1.807) is 20.2 Å². The smallest absolute Gasteiger partial charge is 0.243 e. The van der Waals surface area contributed by atoms with Crippen LogP contribution >= 0.6 is 0 Å². The third-order valence-corrected chi connectivity index (χ3v) is 3.09. The molecule has 0 spiro atoms. The summed E-state index contributed by atoms with van der Waals surface area (Å²) in [5, 5.41) is 2.80. The summed E-state index contributed by atoms with van der Waals surface area (Å²) in [6, 6.07) is 4.85. The molecule has 1 aromatic carbocycles. The van der Waals surface area contributed by atoms with Crippen molar-refractivity contribution in [3.63, 3.8) is 0 Å². The molecule has 5 nitrogen and oxygen atoms in total. The van der Waals surface area contributed by atoms with Gasteiger partial charge >= 0.3 is 0 Å². The molecule has 1 unspecified atom stereocenters. The zero-order valence-corrected chi connectivity index (χ0v) is 10.6. The molecule has 0 aromatic heterocycles. The molecule has 2 rings (SSSR count). The van der Waals surface area contributed by atoms with Gasteiger partial charge in [-0.15, -0.1) is 0 Å². The molecule has 0 saturated heterocycles. The van der Waals surface area contributed by atoms with Crippen LogP contribution in [0, 0.1) is 0 Å². The second-order valence-corrected chi connectivity index (χ2v) is 4.68. The zero-order valence-electron chi connectivity index (χ0n) is 10.6. The number of nitrogens with two attached hydrogens (primary N) is 1. The molecule has 18 heavy (non-hydrogen) atoms. The van der Waals surface area contributed by atoms with Crippen molar-refractivity contribution >= 4 is 17.5 Å². The van der Waals surface area contributed by atoms with Gasteiger partial charge in [0.25, 0.3) is 0 Å². The van der Waals surface area contributed by atoms with Crippen LogP contribution in [0.25, 0.3) is 0 Å². The maximum Gasteiger partial charge on any atom is 0.243 e. The first kappa shape index (κ1) is 12.6. The molecule has 1 aliphatic heterocycles. The number of anilines is 1. The molecule has 0 fully saturated rings. The van der Waals surface area contributed by atoms with Crippen molar-refractivity contribution in [3.05, 3.63) is 29.3 Å². The molecule has 1 atom stereocenters. The predicted molar refractivity (Wildman–Crippen MR) is 69.0 cm³/mol. The van der Waals surface area contributed by atoms with Gasteiger partial charge in [0.2, 0.25) is 11.8 Å². The van der Waals surface area contributed by atoms with Gasteiger partial charge in [-0.1, -0.05) is 12.1 Å². The van der Waals surface area contributed by atoms with Crippen LogP contribution in [0.2, 0.25) is 0 Å². The number of rotatable bonds is 2. The average Bonchev–Trinajstić information content (AvgIpc) is 2.36. The lowest BCUT2D eigenvalue weighted by Crippen LogP contribution is -2.33. The fraction of sp³-hybridized carbons (Fsp3) is 0.385. The summed E-state index contributed by atoms with van der Waals surface area (Å²) in [5.74, 6) is -0.0984. The molecule has 1 heterocycles. The van der Waals surface area contributed by atoms with Gasteiger partial charge in [0.05, 0.1) is 0 Å². The van der Waals surface area contributed by atoms with E-state index in [0.29, 0.717) is 12.8 Å². The zero-order chi connectivity index (χ0) is 13.3. The molecule has 0 bridgehead atoms. The Balaban J connectivity index is 2.26. The van der Waals surface area contributed by atoms with E-state index in [0.717, 1.165) is 16.8 Å². The largest absolute Gasteiger partial charge is 0.347 e. The topological polar surface area (TPSA) is 75.4 Å². The number of benzene rings is 1. The first-order valence-electron chi connectivity index (χ1n) is 5.88. The van der Waals surface area contributed by atoms with Crippen molar-refractivity contribution in [3.8, 4) is 0 Å². The molecule has 0 saturated carbocycles. The number of likely N-dealkylation sites (N-methyl/N-ethyl adjacent to an activating group) is 1. The lowest BCUT2D eigenvalue weighted by atomic mass is 9.97. The molecular weight excluding hydrogens is 230 g/mol. The van der Waals surface area contributed by atoms with E-state index in [2.05, 4.69) is 5.32 Å². The molecule has 2 amide bonds. The number of carbonyl (C=O) groups excluding carboxylic acids is 2. The Bertz CT molecular complexity index is 497. The molecule has 0 aliphatic carbocycles. The molecular formula is C13H17N3O2. The van der Waals surface area contributed by atoms with E-state index in [-0.39, 0.29) is 11.8 Å². The van der Waals surface area contributed by atoms with Crippen molar-refractivity contribution in [2.75, 3.05) is 19.4 Å². The van der Waals surface area contributed by atoms with Gasteiger partial charge in [-0.2, -0.15) is 0 Å². The number of amides is 2. The fourth-order valence-corrected chi connectivity index (χ4v) is 2.02. The minimum absolute atomic E-state index is 0.0314. The van der Waals surface area contributed by atoms with Gasteiger partial charge in [0, 0.05) is 26.2 Å². The average molecular weight is 247 g/mol. The highest BCUT2D eigenvalue weighted by atomic mass is 16.2. The van der Waals surface area contributed by atoms with Crippen LogP contribution in [0.1, 0.15) is 23.6 Å². The highest BCUT2D eigenvalue weighted by molar-refractivity contribution is 5.94. The fourth-order valence-electron chi connectivity index (χ4n) is 2.02. The van der Waals surface area contributed by atoms with Crippen LogP contribution in [0.5, 0.6) is 0 Å². The third kappa shape index (κ3) is 2.36. The third-order valence-electron chi connectivity index (χ3n) is 3.09. The highest BCUT2D eigenvalue weighted by Crippen LogP contribution is 2.25. The van der Waals surface area contributed by atoms with Crippen molar-refractivity contribution < 1.29 is 9.59 Å². The monoisotopic (exact) mass is 247 g/mol. The van der Waals surface area contributed by atoms with Gasteiger partial charge in [0.1, 0.15) is 6.04 Å². The Kier molecular flexibility index (Phi) is 3.34. The van der Waals surface area contributed by atoms with E-state index in [1.165, 1.54) is 4.90 Å². The summed E-state index contributed by atoms with van der Waals surface area (Å²) in [6.45, 7) is 0. The maximum atomic E-state index is 11.8. The number of nitrogens with one attached hydrogen (secondary N) is 1. The van der Waals surface area contributed by atoms with E-state index < -0.39 is 6.04 Å². The number of fused-ring (bicyclic) bond motifs is 1. The van der Waals surface area contributed by atoms with Gasteiger partial charge in [-0.3, -0.25) is 9.59 Å². The standard InChI is InChI=1S/C13H17N3O2/c1-16(2)13(18)12(14)9-3-5-10-8(7-9)4-6-11(17)15-10/h3,5,7,12H,4,6,14H2,1-2H3,(H,15,17). The normalized spacial score (nSPS) is 15.6. The van der Waals surface area contributed by atoms with Crippen molar-refractivity contribution in [2.24, 2.45) is 5.73 Å².